The molecule has 0 aliphatic carbocycles. The predicted molar refractivity (Wildman–Crippen MR) is 74.4 cm³/mol. The van der Waals surface area contributed by atoms with Crippen LogP contribution < -0.4 is 10.1 Å². The molecule has 19 heavy (non-hydrogen) atoms. The van der Waals surface area contributed by atoms with E-state index in [4.69, 9.17) is 4.74 Å². The van der Waals surface area contributed by atoms with Crippen LogP contribution in [0.2, 0.25) is 0 Å². The third kappa shape index (κ3) is 2.56. The van der Waals surface area contributed by atoms with E-state index in [1.807, 2.05) is 6.07 Å². The van der Waals surface area contributed by atoms with Gasteiger partial charge in [-0.3, -0.25) is 0 Å². The van der Waals surface area contributed by atoms with E-state index >= 15 is 0 Å². The molecule has 1 heterocycles. The molecule has 1 aliphatic heterocycles. The molecule has 0 saturated heterocycles. The lowest BCUT2D eigenvalue weighted by Gasteiger charge is -2.11. The van der Waals surface area contributed by atoms with Gasteiger partial charge in [0.05, 0.1) is 6.04 Å². The van der Waals surface area contributed by atoms with E-state index in [2.05, 4.69) is 36.5 Å². The monoisotopic (exact) mass is 255 g/mol. The second-order valence-electron chi connectivity index (χ2n) is 4.95. The summed E-state index contributed by atoms with van der Waals surface area (Å²) in [6.07, 6.45) is 0. The molecule has 3 heteroatoms. The molecule has 98 valence electrons. The number of phenolic OH excluding ortho intramolecular Hbond substituents is 1. The van der Waals surface area contributed by atoms with E-state index in [-0.39, 0.29) is 11.8 Å². The van der Waals surface area contributed by atoms with Crippen LogP contribution in [0.4, 0.5) is 0 Å². The molecule has 2 aromatic carbocycles. The highest BCUT2D eigenvalue weighted by molar-refractivity contribution is 5.44. The Kier molecular flexibility index (Phi) is 3.13. The van der Waals surface area contributed by atoms with Crippen LogP contribution in [-0.4, -0.2) is 11.7 Å². The molecule has 0 aromatic heterocycles. The van der Waals surface area contributed by atoms with Crippen molar-refractivity contribution < 1.29 is 9.84 Å². The minimum absolute atomic E-state index is 0.192. The Morgan fingerprint density at radius 2 is 2.00 bits per heavy atom. The first-order valence-corrected chi connectivity index (χ1v) is 6.47. The summed E-state index contributed by atoms with van der Waals surface area (Å²) in [7, 11) is 0. The summed E-state index contributed by atoms with van der Waals surface area (Å²) in [5.74, 6) is 1.03. The first kappa shape index (κ1) is 12.1. The van der Waals surface area contributed by atoms with Crippen molar-refractivity contribution in [1.29, 1.82) is 0 Å². The largest absolute Gasteiger partial charge is 0.508 e. The number of aromatic hydroxyl groups is 1. The molecule has 0 saturated carbocycles. The Hall–Kier alpha value is -2.00. The van der Waals surface area contributed by atoms with Crippen LogP contribution in [-0.2, 0) is 6.54 Å². The van der Waals surface area contributed by atoms with Gasteiger partial charge in [-0.05, 0) is 24.6 Å². The second-order valence-corrected chi connectivity index (χ2v) is 4.95. The van der Waals surface area contributed by atoms with Gasteiger partial charge in [-0.2, -0.15) is 0 Å². The molecule has 0 spiro atoms. The Bertz CT molecular complexity index is 578. The van der Waals surface area contributed by atoms with Crippen LogP contribution >= 0.6 is 0 Å². The first-order valence-electron chi connectivity index (χ1n) is 6.47. The molecule has 0 bridgehead atoms. The van der Waals surface area contributed by atoms with Crippen LogP contribution in [0, 0.1) is 6.92 Å². The molecular formula is C16H17NO2. The lowest BCUT2D eigenvalue weighted by molar-refractivity contribution is 0.309. The molecule has 3 nitrogen and oxygen atoms in total. The van der Waals surface area contributed by atoms with Gasteiger partial charge >= 0.3 is 0 Å². The Labute approximate surface area is 112 Å². The number of fused-ring (bicyclic) bond motifs is 1. The fourth-order valence-electron chi connectivity index (χ4n) is 2.31. The minimum Gasteiger partial charge on any atom is -0.508 e. The maximum absolute atomic E-state index is 9.42. The number of rotatable bonds is 3. The fraction of sp³-hybridized carbons (Fsp3) is 0.250. The molecule has 1 aliphatic rings. The maximum atomic E-state index is 9.42. The average Bonchev–Trinajstić information content (AvgIpc) is 2.80. The third-order valence-electron chi connectivity index (χ3n) is 3.45. The Morgan fingerprint density at radius 3 is 2.79 bits per heavy atom. The van der Waals surface area contributed by atoms with Crippen molar-refractivity contribution in [3.63, 3.8) is 0 Å². The van der Waals surface area contributed by atoms with Crippen LogP contribution in [0.5, 0.6) is 11.5 Å². The molecule has 2 N–H and O–H groups in total. The number of phenols is 1. The van der Waals surface area contributed by atoms with Crippen LogP contribution in [0.15, 0.2) is 42.5 Å². The van der Waals surface area contributed by atoms with E-state index in [0.717, 1.165) is 17.9 Å². The van der Waals surface area contributed by atoms with Gasteiger partial charge in [0.1, 0.15) is 18.1 Å². The smallest absolute Gasteiger partial charge is 0.127 e. The van der Waals surface area contributed by atoms with E-state index < -0.39 is 0 Å². The zero-order valence-electron chi connectivity index (χ0n) is 10.9. The van der Waals surface area contributed by atoms with Crippen molar-refractivity contribution in [3.05, 3.63) is 59.2 Å². The van der Waals surface area contributed by atoms with Crippen LogP contribution in [0.1, 0.15) is 22.7 Å². The van der Waals surface area contributed by atoms with Gasteiger partial charge in [0.25, 0.3) is 0 Å². The normalized spacial score (nSPS) is 17.0. The van der Waals surface area contributed by atoms with Crippen molar-refractivity contribution in [2.75, 3.05) is 6.61 Å². The summed E-state index contributed by atoms with van der Waals surface area (Å²) >= 11 is 0. The summed E-state index contributed by atoms with van der Waals surface area (Å²) in [4.78, 5) is 0. The SMILES string of the molecule is Cc1ccc(CNC2COc3cc(O)ccc32)cc1. The summed E-state index contributed by atoms with van der Waals surface area (Å²) in [6, 6.07) is 14.0. The molecule has 1 unspecified atom stereocenters. The van der Waals surface area contributed by atoms with E-state index in [0.29, 0.717) is 6.61 Å². The van der Waals surface area contributed by atoms with E-state index in [9.17, 15) is 5.11 Å². The predicted octanol–water partition coefficient (Wildman–Crippen LogP) is 2.92. The standard InChI is InChI=1S/C16H17NO2/c1-11-2-4-12(5-3-11)9-17-15-10-19-16-8-13(18)6-7-14(15)16/h2-8,15,17-18H,9-10H2,1H3. The Balaban J connectivity index is 1.68. The zero-order valence-corrected chi connectivity index (χ0v) is 10.9. The number of benzene rings is 2. The average molecular weight is 255 g/mol. The Morgan fingerprint density at radius 1 is 1.21 bits per heavy atom. The number of aryl methyl sites for hydroxylation is 1. The van der Waals surface area contributed by atoms with Crippen molar-refractivity contribution in [3.8, 4) is 11.5 Å². The van der Waals surface area contributed by atoms with Crippen molar-refractivity contribution in [2.45, 2.75) is 19.5 Å². The van der Waals surface area contributed by atoms with Gasteiger partial charge in [0.2, 0.25) is 0 Å². The molecule has 3 rings (SSSR count). The highest BCUT2D eigenvalue weighted by atomic mass is 16.5. The quantitative estimate of drug-likeness (QED) is 0.886. The lowest BCUT2D eigenvalue weighted by Crippen LogP contribution is -2.21. The zero-order chi connectivity index (χ0) is 13.2. The summed E-state index contributed by atoms with van der Waals surface area (Å²) in [6.45, 7) is 3.52. The van der Waals surface area contributed by atoms with Crippen LogP contribution in [0.25, 0.3) is 0 Å². The van der Waals surface area contributed by atoms with Gasteiger partial charge < -0.3 is 15.2 Å². The second kappa shape index (κ2) is 4.94. The van der Waals surface area contributed by atoms with Gasteiger partial charge in [-0.15, -0.1) is 0 Å². The number of hydrogen-bond donors (Lipinski definition) is 2. The van der Waals surface area contributed by atoms with E-state index in [1.165, 1.54) is 11.1 Å². The van der Waals surface area contributed by atoms with Gasteiger partial charge in [-0.25, -0.2) is 0 Å². The van der Waals surface area contributed by atoms with Gasteiger partial charge in [-0.1, -0.05) is 29.8 Å². The number of ether oxygens (including phenoxy) is 1. The minimum atomic E-state index is 0.192. The van der Waals surface area contributed by atoms with Crippen molar-refractivity contribution in [2.24, 2.45) is 0 Å². The fourth-order valence-corrected chi connectivity index (χ4v) is 2.31. The summed E-state index contributed by atoms with van der Waals surface area (Å²) < 4.78 is 5.58. The first-order chi connectivity index (χ1) is 9.22. The van der Waals surface area contributed by atoms with Gasteiger partial charge in [0, 0.05) is 18.2 Å². The highest BCUT2D eigenvalue weighted by Crippen LogP contribution is 2.34. The lowest BCUT2D eigenvalue weighted by atomic mass is 10.1. The molecule has 1 atom stereocenters. The molecule has 0 fully saturated rings. The van der Waals surface area contributed by atoms with Crippen molar-refractivity contribution >= 4 is 0 Å². The number of hydrogen-bond acceptors (Lipinski definition) is 3. The molecular weight excluding hydrogens is 238 g/mol. The third-order valence-corrected chi connectivity index (χ3v) is 3.45. The summed E-state index contributed by atoms with van der Waals surface area (Å²) in [5.41, 5.74) is 3.65. The molecule has 2 aromatic rings. The highest BCUT2D eigenvalue weighted by Gasteiger charge is 2.23. The molecule has 0 amide bonds. The molecule has 0 radical (unpaired) electrons. The number of nitrogens with one attached hydrogen (secondary N) is 1. The van der Waals surface area contributed by atoms with Crippen molar-refractivity contribution in [1.82, 2.24) is 5.32 Å². The summed E-state index contributed by atoms with van der Waals surface area (Å²) in [5, 5.41) is 12.9. The van der Waals surface area contributed by atoms with Gasteiger partial charge in [0.15, 0.2) is 0 Å². The maximum Gasteiger partial charge on any atom is 0.127 e. The topological polar surface area (TPSA) is 41.5 Å². The van der Waals surface area contributed by atoms with Crippen LogP contribution in [0.3, 0.4) is 0 Å². The van der Waals surface area contributed by atoms with E-state index in [1.54, 1.807) is 12.1 Å².